The zero-order chi connectivity index (χ0) is 21.4. The Hall–Kier alpha value is -2.77. The number of benzene rings is 2. The second kappa shape index (κ2) is 9.38. The fourth-order valence-corrected chi connectivity index (χ4v) is 5.05. The Morgan fingerprint density at radius 2 is 1.88 bits per heavy atom. The van der Waals surface area contributed by atoms with Crippen molar-refractivity contribution < 1.29 is 13.9 Å². The van der Waals surface area contributed by atoms with E-state index in [1.54, 1.807) is 7.11 Å². The predicted octanol–water partition coefficient (Wildman–Crippen LogP) is 4.75. The number of carbonyl (C=O) groups is 1. The first-order chi connectivity index (χ1) is 15.1. The molecule has 0 aliphatic carbocycles. The number of carbonyl (C=O) groups excluding carboxylic acids is 1. The Balaban J connectivity index is 0.00000245. The molecule has 2 saturated heterocycles. The van der Waals surface area contributed by atoms with Crippen molar-refractivity contribution in [3.63, 3.8) is 0 Å². The lowest BCUT2D eigenvalue weighted by Gasteiger charge is -2.47. The molecule has 3 heterocycles. The van der Waals surface area contributed by atoms with Gasteiger partial charge in [-0.1, -0.05) is 24.6 Å². The van der Waals surface area contributed by atoms with E-state index < -0.39 is 0 Å². The molecule has 0 spiro atoms. The number of amides is 1. The number of fused-ring (bicyclic) bond motifs is 3. The van der Waals surface area contributed by atoms with Gasteiger partial charge < -0.3 is 24.7 Å². The van der Waals surface area contributed by atoms with E-state index in [1.165, 1.54) is 19.3 Å². The van der Waals surface area contributed by atoms with Gasteiger partial charge >= 0.3 is 0 Å². The third kappa shape index (κ3) is 4.27. The summed E-state index contributed by atoms with van der Waals surface area (Å²) in [5.74, 6) is 0.603. The van der Waals surface area contributed by atoms with Gasteiger partial charge in [-0.15, -0.1) is 12.4 Å². The van der Waals surface area contributed by atoms with Gasteiger partial charge in [-0.25, -0.2) is 0 Å². The lowest BCUT2D eigenvalue weighted by molar-refractivity contribution is 0.0463. The Morgan fingerprint density at radius 1 is 1.12 bits per heavy atom. The van der Waals surface area contributed by atoms with E-state index in [9.17, 15) is 4.79 Å². The number of piperidine rings is 2. The van der Waals surface area contributed by atoms with Crippen molar-refractivity contribution in [1.29, 1.82) is 0 Å². The number of hydrogen-bond acceptors (Lipinski definition) is 6. The Kier molecular flexibility index (Phi) is 6.58. The number of nitrogens with one attached hydrogen (secondary N) is 2. The number of para-hydroxylation sites is 3. The molecule has 1 amide bonds. The molecule has 170 valence electrons. The van der Waals surface area contributed by atoms with Crippen LogP contribution in [0.15, 0.2) is 46.9 Å². The highest BCUT2D eigenvalue weighted by atomic mass is 35.5. The monoisotopic (exact) mass is 456 g/mol. The average Bonchev–Trinajstić information content (AvgIpc) is 3.17. The van der Waals surface area contributed by atoms with Crippen LogP contribution in [0.2, 0.25) is 0 Å². The van der Waals surface area contributed by atoms with Gasteiger partial charge in [-0.3, -0.25) is 4.79 Å². The first-order valence-electron chi connectivity index (χ1n) is 10.9. The number of anilines is 2. The van der Waals surface area contributed by atoms with Crippen LogP contribution in [0, 0.1) is 0 Å². The van der Waals surface area contributed by atoms with E-state index >= 15 is 0 Å². The molecule has 2 atom stereocenters. The number of aromatic nitrogens is 1. The van der Waals surface area contributed by atoms with Crippen molar-refractivity contribution in [1.82, 2.24) is 15.2 Å². The fourth-order valence-electron chi connectivity index (χ4n) is 5.05. The molecular weight excluding hydrogens is 428 g/mol. The van der Waals surface area contributed by atoms with Crippen LogP contribution in [0.1, 0.15) is 42.5 Å². The van der Waals surface area contributed by atoms with Crippen molar-refractivity contribution >= 4 is 41.1 Å². The molecule has 0 radical (unpaired) electrons. The SMILES string of the molecule is COc1ccccc1Nc1nc2c(C(=O)NC3CC4CCCC(C3)N4C)cccc2o1.Cl. The minimum absolute atomic E-state index is 0. The standard InChI is InChI=1S/C24H28N4O3.ClH/c1-28-16-7-5-8-17(28)14-15(13-16)25-23(29)18-9-6-12-21-22(18)27-24(31-21)26-19-10-3-4-11-20(19)30-2;/h3-4,6,9-12,15-17H,5,7-8,13-14H2,1-2H3,(H,25,29)(H,26,27);1H. The Labute approximate surface area is 193 Å². The van der Waals surface area contributed by atoms with Crippen LogP contribution in [-0.4, -0.2) is 48.1 Å². The van der Waals surface area contributed by atoms with Gasteiger partial charge in [0.25, 0.3) is 11.9 Å². The number of rotatable bonds is 5. The summed E-state index contributed by atoms with van der Waals surface area (Å²) in [7, 11) is 3.84. The lowest BCUT2D eigenvalue weighted by atomic mass is 9.82. The highest BCUT2D eigenvalue weighted by Crippen LogP contribution is 2.33. The number of nitrogens with zero attached hydrogens (tertiary/aromatic N) is 2. The summed E-state index contributed by atoms with van der Waals surface area (Å²) in [4.78, 5) is 20.2. The van der Waals surface area contributed by atoms with E-state index in [4.69, 9.17) is 9.15 Å². The molecule has 2 bridgehead atoms. The van der Waals surface area contributed by atoms with Crippen LogP contribution in [0.5, 0.6) is 5.75 Å². The van der Waals surface area contributed by atoms with Gasteiger partial charge in [-0.2, -0.15) is 4.98 Å². The molecule has 2 unspecified atom stereocenters. The molecule has 32 heavy (non-hydrogen) atoms. The maximum absolute atomic E-state index is 13.1. The van der Waals surface area contributed by atoms with Crippen molar-refractivity contribution in [3.8, 4) is 5.75 Å². The van der Waals surface area contributed by atoms with Crippen LogP contribution in [0.3, 0.4) is 0 Å². The minimum Gasteiger partial charge on any atom is -0.495 e. The van der Waals surface area contributed by atoms with Crippen molar-refractivity contribution in [2.24, 2.45) is 0 Å². The second-order valence-corrected chi connectivity index (χ2v) is 8.54. The van der Waals surface area contributed by atoms with Gasteiger partial charge in [0.15, 0.2) is 5.58 Å². The zero-order valence-electron chi connectivity index (χ0n) is 18.3. The quantitative estimate of drug-likeness (QED) is 0.577. The number of oxazole rings is 1. The predicted molar refractivity (Wildman–Crippen MR) is 127 cm³/mol. The van der Waals surface area contributed by atoms with Gasteiger partial charge in [0.1, 0.15) is 11.3 Å². The molecule has 2 fully saturated rings. The largest absolute Gasteiger partial charge is 0.495 e. The highest BCUT2D eigenvalue weighted by molar-refractivity contribution is 6.05. The van der Waals surface area contributed by atoms with Gasteiger partial charge in [0.05, 0.1) is 18.4 Å². The summed E-state index contributed by atoms with van der Waals surface area (Å²) in [6.07, 6.45) is 5.75. The Morgan fingerprint density at radius 3 is 2.62 bits per heavy atom. The highest BCUT2D eigenvalue weighted by Gasteiger charge is 2.36. The molecule has 2 aliphatic rings. The molecule has 2 aliphatic heterocycles. The maximum atomic E-state index is 13.1. The normalized spacial score (nSPS) is 22.8. The number of methoxy groups -OCH3 is 1. The molecule has 2 aromatic carbocycles. The van der Waals surface area contributed by atoms with E-state index in [1.807, 2.05) is 42.5 Å². The van der Waals surface area contributed by atoms with Crippen molar-refractivity contribution in [3.05, 3.63) is 48.0 Å². The Bertz CT molecular complexity index is 1090. The number of ether oxygens (including phenoxy) is 1. The molecule has 3 aromatic rings. The minimum atomic E-state index is -0.0876. The molecule has 8 heteroatoms. The fraction of sp³-hybridized carbons (Fsp3) is 0.417. The van der Waals surface area contributed by atoms with Gasteiger partial charge in [0, 0.05) is 18.1 Å². The second-order valence-electron chi connectivity index (χ2n) is 8.54. The van der Waals surface area contributed by atoms with Crippen molar-refractivity contribution in [2.75, 3.05) is 19.5 Å². The third-order valence-electron chi connectivity index (χ3n) is 6.69. The van der Waals surface area contributed by atoms with Crippen molar-refractivity contribution in [2.45, 2.75) is 50.2 Å². The zero-order valence-corrected chi connectivity index (χ0v) is 19.2. The summed E-state index contributed by atoms with van der Waals surface area (Å²) >= 11 is 0. The average molecular weight is 457 g/mol. The lowest BCUT2D eigenvalue weighted by Crippen LogP contribution is -2.55. The number of halogens is 1. The van der Waals surface area contributed by atoms with Gasteiger partial charge in [0.2, 0.25) is 0 Å². The van der Waals surface area contributed by atoms with Crippen LogP contribution < -0.4 is 15.4 Å². The first kappa shape index (κ1) is 22.4. The molecule has 1 aromatic heterocycles. The molecule has 0 saturated carbocycles. The summed E-state index contributed by atoms with van der Waals surface area (Å²) < 4.78 is 11.2. The summed E-state index contributed by atoms with van der Waals surface area (Å²) in [5.41, 5.74) is 2.43. The van der Waals surface area contributed by atoms with E-state index in [0.717, 1.165) is 18.5 Å². The van der Waals surface area contributed by atoms with Gasteiger partial charge in [-0.05, 0) is 57.0 Å². The summed E-state index contributed by atoms with van der Waals surface area (Å²) in [6.45, 7) is 0. The van der Waals surface area contributed by atoms with Crippen LogP contribution in [-0.2, 0) is 0 Å². The third-order valence-corrected chi connectivity index (χ3v) is 6.69. The molecule has 7 nitrogen and oxygen atoms in total. The maximum Gasteiger partial charge on any atom is 0.300 e. The molecular formula is C24H29ClN4O3. The van der Waals surface area contributed by atoms with Crippen LogP contribution in [0.4, 0.5) is 11.7 Å². The van der Waals surface area contributed by atoms with E-state index in [-0.39, 0.29) is 24.4 Å². The van der Waals surface area contributed by atoms with E-state index in [0.29, 0.717) is 40.5 Å². The summed E-state index contributed by atoms with van der Waals surface area (Å²) in [6, 6.07) is 14.7. The molecule has 5 rings (SSSR count). The number of hydrogen-bond donors (Lipinski definition) is 2. The first-order valence-corrected chi connectivity index (χ1v) is 10.9. The van der Waals surface area contributed by atoms with Crippen LogP contribution >= 0.6 is 12.4 Å². The molecule has 2 N–H and O–H groups in total. The smallest absolute Gasteiger partial charge is 0.300 e. The van der Waals surface area contributed by atoms with Crippen LogP contribution in [0.25, 0.3) is 11.1 Å². The topological polar surface area (TPSA) is 79.6 Å². The van der Waals surface area contributed by atoms with E-state index in [2.05, 4.69) is 27.6 Å². The summed E-state index contributed by atoms with van der Waals surface area (Å²) in [5, 5.41) is 6.42.